The summed E-state index contributed by atoms with van der Waals surface area (Å²) in [7, 11) is -2.01. The Morgan fingerprint density at radius 1 is 1.14 bits per heavy atom. The number of benzene rings is 3. The second-order valence-electron chi connectivity index (χ2n) is 7.28. The van der Waals surface area contributed by atoms with E-state index in [4.69, 9.17) is 4.74 Å². The Hall–Kier alpha value is -1.54. The fourth-order valence-corrected chi connectivity index (χ4v) is 8.33. The maximum Gasteiger partial charge on any atom is 0.244 e. The van der Waals surface area contributed by atoms with Crippen molar-refractivity contribution in [3.8, 4) is 5.75 Å². The standard InChI is InChI=1S/C22H20BrNO3S2/c1-27-19-9-7-16(23)13-18(19)22-24(11-12-28-22)29(25,26)20-10-6-15-4-2-3-14-5-8-17(20)21(14)15/h2-4,6-7,9-10,13,22H,5,8,11-12H2,1H3/t22-/m1/s1. The van der Waals surface area contributed by atoms with Gasteiger partial charge in [-0.15, -0.1) is 11.8 Å². The number of hydrogen-bond acceptors (Lipinski definition) is 4. The highest BCUT2D eigenvalue weighted by Crippen LogP contribution is 2.46. The number of methoxy groups -OCH3 is 1. The fourth-order valence-electron chi connectivity index (χ4n) is 4.44. The van der Waals surface area contributed by atoms with Crippen molar-refractivity contribution in [1.29, 1.82) is 0 Å². The lowest BCUT2D eigenvalue weighted by molar-refractivity contribution is 0.390. The van der Waals surface area contributed by atoms with Crippen LogP contribution >= 0.6 is 27.7 Å². The first-order valence-corrected chi connectivity index (χ1v) is 12.8. The molecule has 0 amide bonds. The van der Waals surface area contributed by atoms with E-state index in [0.717, 1.165) is 45.0 Å². The van der Waals surface area contributed by atoms with Gasteiger partial charge in [0.25, 0.3) is 0 Å². The van der Waals surface area contributed by atoms with Gasteiger partial charge in [0.05, 0.1) is 17.4 Å². The highest BCUT2D eigenvalue weighted by Gasteiger charge is 2.40. The largest absolute Gasteiger partial charge is 0.496 e. The first-order chi connectivity index (χ1) is 14.0. The molecule has 0 unspecified atom stereocenters. The Balaban J connectivity index is 1.63. The molecule has 0 radical (unpaired) electrons. The van der Waals surface area contributed by atoms with Crippen molar-refractivity contribution < 1.29 is 13.2 Å². The molecule has 4 nitrogen and oxygen atoms in total. The average molecular weight is 490 g/mol. The molecule has 1 atom stereocenters. The summed E-state index contributed by atoms with van der Waals surface area (Å²) >= 11 is 5.15. The van der Waals surface area contributed by atoms with Crippen LogP contribution in [0.25, 0.3) is 10.8 Å². The molecule has 0 N–H and O–H groups in total. The Labute approximate surface area is 183 Å². The van der Waals surface area contributed by atoms with Crippen LogP contribution in [0, 0.1) is 0 Å². The third-order valence-corrected chi connectivity index (χ3v) is 9.55. The van der Waals surface area contributed by atoms with Crippen LogP contribution in [0.3, 0.4) is 0 Å². The van der Waals surface area contributed by atoms with E-state index in [9.17, 15) is 8.42 Å². The predicted molar refractivity (Wildman–Crippen MR) is 121 cm³/mol. The molecular weight excluding hydrogens is 470 g/mol. The SMILES string of the molecule is COc1ccc(Br)cc1[C@H]1SCCN1S(=O)(=O)c1ccc2cccc3c2c1CC3. The van der Waals surface area contributed by atoms with Gasteiger partial charge < -0.3 is 4.74 Å². The van der Waals surface area contributed by atoms with Gasteiger partial charge in [0, 0.05) is 22.3 Å². The molecule has 3 aromatic rings. The van der Waals surface area contributed by atoms with Gasteiger partial charge in [0.2, 0.25) is 10.0 Å². The molecular formula is C22H20BrNO3S2. The summed E-state index contributed by atoms with van der Waals surface area (Å²) in [6.45, 7) is 0.493. The highest BCUT2D eigenvalue weighted by molar-refractivity contribution is 9.10. The molecule has 1 aliphatic carbocycles. The van der Waals surface area contributed by atoms with Crippen molar-refractivity contribution in [2.45, 2.75) is 23.1 Å². The van der Waals surface area contributed by atoms with Crippen LogP contribution in [0.1, 0.15) is 22.1 Å². The van der Waals surface area contributed by atoms with Crippen LogP contribution in [-0.2, 0) is 22.9 Å². The maximum absolute atomic E-state index is 13.8. The van der Waals surface area contributed by atoms with Crippen LogP contribution in [0.2, 0.25) is 0 Å². The van der Waals surface area contributed by atoms with E-state index in [-0.39, 0.29) is 5.37 Å². The van der Waals surface area contributed by atoms with Crippen molar-refractivity contribution >= 4 is 48.5 Å². The first-order valence-electron chi connectivity index (χ1n) is 9.51. The summed E-state index contributed by atoms with van der Waals surface area (Å²) < 4.78 is 35.7. The van der Waals surface area contributed by atoms with Gasteiger partial charge in [-0.2, -0.15) is 4.31 Å². The topological polar surface area (TPSA) is 46.6 Å². The molecule has 1 aliphatic heterocycles. The number of aryl methyl sites for hydroxylation is 2. The van der Waals surface area contributed by atoms with E-state index in [1.807, 2.05) is 30.3 Å². The van der Waals surface area contributed by atoms with Gasteiger partial charge in [-0.25, -0.2) is 8.42 Å². The fraction of sp³-hybridized carbons (Fsp3) is 0.273. The van der Waals surface area contributed by atoms with Crippen molar-refractivity contribution in [1.82, 2.24) is 4.31 Å². The highest BCUT2D eigenvalue weighted by atomic mass is 79.9. The summed E-state index contributed by atoms with van der Waals surface area (Å²) in [6, 6.07) is 15.7. The maximum atomic E-state index is 13.8. The summed E-state index contributed by atoms with van der Waals surface area (Å²) in [6.07, 6.45) is 1.67. The van der Waals surface area contributed by atoms with Crippen molar-refractivity contribution in [2.24, 2.45) is 0 Å². The molecule has 0 saturated carbocycles. The average Bonchev–Trinajstić information content (AvgIpc) is 3.37. The minimum absolute atomic E-state index is 0.299. The van der Waals surface area contributed by atoms with E-state index in [1.54, 1.807) is 29.2 Å². The van der Waals surface area contributed by atoms with Crippen LogP contribution < -0.4 is 4.74 Å². The van der Waals surface area contributed by atoms with Crippen molar-refractivity contribution in [3.63, 3.8) is 0 Å². The lowest BCUT2D eigenvalue weighted by Gasteiger charge is -2.26. The van der Waals surface area contributed by atoms with E-state index in [1.165, 1.54) is 5.56 Å². The normalized spacial score (nSPS) is 19.2. The van der Waals surface area contributed by atoms with E-state index < -0.39 is 10.0 Å². The van der Waals surface area contributed by atoms with Crippen LogP contribution in [0.4, 0.5) is 0 Å². The number of thioether (sulfide) groups is 1. The van der Waals surface area contributed by atoms with Crippen LogP contribution in [-0.4, -0.2) is 32.1 Å². The van der Waals surface area contributed by atoms with E-state index in [2.05, 4.69) is 28.1 Å². The molecule has 7 heteroatoms. The second-order valence-corrected chi connectivity index (χ2v) is 11.2. The van der Waals surface area contributed by atoms with E-state index >= 15 is 0 Å². The zero-order valence-corrected chi connectivity index (χ0v) is 19.1. The number of sulfonamides is 1. The minimum atomic E-state index is -3.63. The molecule has 1 fully saturated rings. The lowest BCUT2D eigenvalue weighted by Crippen LogP contribution is -2.31. The molecule has 0 aromatic heterocycles. The summed E-state index contributed by atoms with van der Waals surface area (Å²) in [5, 5.41) is 1.94. The molecule has 150 valence electrons. The lowest BCUT2D eigenvalue weighted by atomic mass is 10.1. The summed E-state index contributed by atoms with van der Waals surface area (Å²) in [5.41, 5.74) is 3.09. The Bertz CT molecular complexity index is 1230. The number of nitrogens with zero attached hydrogens (tertiary/aromatic N) is 1. The Morgan fingerprint density at radius 3 is 2.83 bits per heavy atom. The predicted octanol–water partition coefficient (Wildman–Crippen LogP) is 5.15. The second kappa shape index (κ2) is 7.30. The number of halogens is 1. The van der Waals surface area contributed by atoms with Gasteiger partial charge in [-0.05, 0) is 59.0 Å². The van der Waals surface area contributed by atoms with Gasteiger partial charge >= 0.3 is 0 Å². The zero-order chi connectivity index (χ0) is 20.2. The van der Waals surface area contributed by atoms with Crippen LogP contribution in [0.15, 0.2) is 57.9 Å². The monoisotopic (exact) mass is 489 g/mol. The molecule has 1 saturated heterocycles. The van der Waals surface area contributed by atoms with Gasteiger partial charge in [0.1, 0.15) is 5.75 Å². The first kappa shape index (κ1) is 19.4. The number of ether oxygens (including phenoxy) is 1. The van der Waals surface area contributed by atoms with E-state index in [0.29, 0.717) is 17.2 Å². The molecule has 2 aliphatic rings. The smallest absolute Gasteiger partial charge is 0.244 e. The Kier molecular flexibility index (Phi) is 4.89. The molecule has 0 spiro atoms. The van der Waals surface area contributed by atoms with Gasteiger partial charge in [0.15, 0.2) is 0 Å². The molecule has 0 bridgehead atoms. The third-order valence-electron chi connectivity index (χ3n) is 5.73. The third kappa shape index (κ3) is 3.10. The van der Waals surface area contributed by atoms with Gasteiger partial charge in [-0.3, -0.25) is 0 Å². The molecule has 29 heavy (non-hydrogen) atoms. The molecule has 1 heterocycles. The number of rotatable bonds is 4. The molecule has 3 aromatic carbocycles. The van der Waals surface area contributed by atoms with Crippen molar-refractivity contribution in [3.05, 3.63) is 69.7 Å². The molecule has 5 rings (SSSR count). The number of hydrogen-bond donors (Lipinski definition) is 0. The minimum Gasteiger partial charge on any atom is -0.496 e. The quantitative estimate of drug-likeness (QED) is 0.508. The van der Waals surface area contributed by atoms with Gasteiger partial charge in [-0.1, -0.05) is 40.2 Å². The van der Waals surface area contributed by atoms with Crippen molar-refractivity contribution in [2.75, 3.05) is 19.4 Å². The summed E-state index contributed by atoms with van der Waals surface area (Å²) in [5.74, 6) is 1.46. The van der Waals surface area contributed by atoms with Crippen LogP contribution in [0.5, 0.6) is 5.75 Å². The zero-order valence-electron chi connectivity index (χ0n) is 15.9. The summed E-state index contributed by atoms with van der Waals surface area (Å²) in [4.78, 5) is 0.455. The Morgan fingerprint density at radius 2 is 2.00 bits per heavy atom.